The molecule has 1 fully saturated rings. The number of hydrogen-bond donors (Lipinski definition) is 1. The van der Waals surface area contributed by atoms with E-state index in [1.54, 1.807) is 25.7 Å². The third-order valence-corrected chi connectivity index (χ3v) is 10.1. The summed E-state index contributed by atoms with van der Waals surface area (Å²) < 4.78 is 22.1. The summed E-state index contributed by atoms with van der Waals surface area (Å²) in [5, 5.41) is 2.48. The topological polar surface area (TPSA) is 141 Å². The fourth-order valence-corrected chi connectivity index (χ4v) is 6.50. The highest BCUT2D eigenvalue weighted by Crippen LogP contribution is 2.25. The summed E-state index contributed by atoms with van der Waals surface area (Å²) in [5.74, 6) is -2.00. The van der Waals surface area contributed by atoms with Crippen molar-refractivity contribution in [2.75, 3.05) is 27.0 Å². The first-order chi connectivity index (χ1) is 23.2. The molecule has 0 spiro atoms. The summed E-state index contributed by atoms with van der Waals surface area (Å²) >= 11 is 0. The molecular formula is C37H61N3O9Si. The van der Waals surface area contributed by atoms with Crippen LogP contribution in [0.2, 0.25) is 25.7 Å². The zero-order chi connectivity index (χ0) is 37.8. The molecule has 13 heteroatoms. The Kier molecular flexibility index (Phi) is 16.4. The molecule has 5 atom stereocenters. The van der Waals surface area contributed by atoms with Crippen LogP contribution in [0.4, 0.5) is 4.79 Å². The average molecular weight is 720 g/mol. The van der Waals surface area contributed by atoms with Gasteiger partial charge in [0.05, 0.1) is 0 Å². The molecule has 1 aliphatic rings. The van der Waals surface area contributed by atoms with Crippen molar-refractivity contribution < 1.29 is 42.9 Å². The summed E-state index contributed by atoms with van der Waals surface area (Å²) in [4.78, 5) is 70.4. The number of hydrogen-bond acceptors (Lipinski definition) is 9. The number of esters is 2. The molecule has 1 aromatic rings. The van der Waals surface area contributed by atoms with Crippen molar-refractivity contribution in [3.8, 4) is 0 Å². The highest BCUT2D eigenvalue weighted by molar-refractivity contribution is 6.76. The second-order valence-electron chi connectivity index (χ2n) is 15.9. The van der Waals surface area contributed by atoms with E-state index < -0.39 is 55.9 Å². The zero-order valence-electron chi connectivity index (χ0n) is 32.1. The monoisotopic (exact) mass is 719 g/mol. The minimum atomic E-state index is -1.43. The number of ether oxygens (including phenoxy) is 4. The second kappa shape index (κ2) is 19.2. The summed E-state index contributed by atoms with van der Waals surface area (Å²) in [6.45, 7) is 19.7. The standard InChI is InChI=1S/C37H61N3O9Si/c1-25(2)22-26(3)32(41)40-19-15-18-29(40)33(42)39(8)30(23-28-16-13-12-14-17-28)34(43)48-27(4)31(38-36(45)49-37(5,6)7)35(44)47-24-46-20-21-50(9,10)11/h12-14,16-17,25-27,29-31H,15,18-24H2,1-11H3,(H,38,45)/t26-,27+,29-,30-,31-/m0/s1. The van der Waals surface area contributed by atoms with Crippen molar-refractivity contribution in [1.29, 1.82) is 0 Å². The number of likely N-dealkylation sites (tertiary alicyclic amines) is 1. The van der Waals surface area contributed by atoms with E-state index in [0.29, 0.717) is 38.3 Å². The molecule has 50 heavy (non-hydrogen) atoms. The number of carbonyl (C=O) groups excluding carboxylic acids is 5. The first kappa shape index (κ1) is 42.7. The quantitative estimate of drug-likeness (QED) is 0.0736. The van der Waals surface area contributed by atoms with Gasteiger partial charge in [-0.3, -0.25) is 9.59 Å². The maximum Gasteiger partial charge on any atom is 0.408 e. The number of amides is 3. The van der Waals surface area contributed by atoms with Gasteiger partial charge < -0.3 is 34.1 Å². The Labute approximate surface area is 299 Å². The largest absolute Gasteiger partial charge is 0.458 e. The van der Waals surface area contributed by atoms with Gasteiger partial charge in [-0.25, -0.2) is 14.4 Å². The molecule has 0 unspecified atom stereocenters. The number of likely N-dealkylation sites (N-methyl/N-ethyl adjacent to an activating group) is 1. The molecule has 0 aliphatic carbocycles. The lowest BCUT2D eigenvalue weighted by atomic mass is 9.97. The Balaban J connectivity index is 2.30. The van der Waals surface area contributed by atoms with Crippen molar-refractivity contribution in [2.24, 2.45) is 11.8 Å². The van der Waals surface area contributed by atoms with Gasteiger partial charge in [0.2, 0.25) is 11.8 Å². The molecule has 0 radical (unpaired) electrons. The number of carbonyl (C=O) groups is 5. The fraction of sp³-hybridized carbons (Fsp3) is 0.703. The molecule has 0 saturated carbocycles. The lowest BCUT2D eigenvalue weighted by Crippen LogP contribution is -2.55. The Hall–Kier alpha value is -3.45. The van der Waals surface area contributed by atoms with Crippen LogP contribution in [0.3, 0.4) is 0 Å². The summed E-state index contributed by atoms with van der Waals surface area (Å²) in [7, 11) is 0.163. The molecular weight excluding hydrogens is 659 g/mol. The Morgan fingerprint density at radius 2 is 1.64 bits per heavy atom. The van der Waals surface area contributed by atoms with E-state index in [0.717, 1.165) is 11.6 Å². The van der Waals surface area contributed by atoms with E-state index >= 15 is 0 Å². The minimum Gasteiger partial charge on any atom is -0.458 e. The van der Waals surface area contributed by atoms with E-state index in [-0.39, 0.29) is 30.9 Å². The lowest BCUT2D eigenvalue weighted by molar-refractivity contribution is -0.169. The van der Waals surface area contributed by atoms with E-state index in [9.17, 15) is 24.0 Å². The van der Waals surface area contributed by atoms with Gasteiger partial charge in [-0.1, -0.05) is 70.7 Å². The lowest BCUT2D eigenvalue weighted by Gasteiger charge is -2.34. The predicted molar refractivity (Wildman–Crippen MR) is 194 cm³/mol. The van der Waals surface area contributed by atoms with Crippen LogP contribution in [0, 0.1) is 11.8 Å². The van der Waals surface area contributed by atoms with Crippen molar-refractivity contribution in [2.45, 2.75) is 130 Å². The molecule has 282 valence electrons. The molecule has 1 heterocycles. The maximum atomic E-state index is 14.0. The normalized spacial score (nSPS) is 17.4. The summed E-state index contributed by atoms with van der Waals surface area (Å²) in [6.07, 6.45) is -0.116. The van der Waals surface area contributed by atoms with Crippen LogP contribution in [0.15, 0.2) is 30.3 Å². The van der Waals surface area contributed by atoms with Crippen LogP contribution in [0.5, 0.6) is 0 Å². The molecule has 3 amide bonds. The van der Waals surface area contributed by atoms with Crippen LogP contribution in [0.1, 0.15) is 73.3 Å². The van der Waals surface area contributed by atoms with Crippen LogP contribution in [-0.2, 0) is 44.5 Å². The van der Waals surface area contributed by atoms with Crippen molar-refractivity contribution in [3.63, 3.8) is 0 Å². The number of rotatable bonds is 17. The Morgan fingerprint density at radius 1 is 1.00 bits per heavy atom. The number of alkyl carbamates (subject to hydrolysis) is 1. The Morgan fingerprint density at radius 3 is 2.22 bits per heavy atom. The van der Waals surface area contributed by atoms with Gasteiger partial charge in [0.15, 0.2) is 12.8 Å². The number of nitrogens with one attached hydrogen (secondary N) is 1. The highest BCUT2D eigenvalue weighted by atomic mass is 28.3. The fourth-order valence-electron chi connectivity index (χ4n) is 5.74. The molecule has 12 nitrogen and oxygen atoms in total. The highest BCUT2D eigenvalue weighted by Gasteiger charge is 2.41. The van der Waals surface area contributed by atoms with Gasteiger partial charge in [-0.15, -0.1) is 0 Å². The van der Waals surface area contributed by atoms with Gasteiger partial charge in [-0.2, -0.15) is 0 Å². The molecule has 1 aliphatic heterocycles. The van der Waals surface area contributed by atoms with Gasteiger partial charge in [-0.05, 0) is 64.5 Å². The van der Waals surface area contributed by atoms with Gasteiger partial charge in [0.25, 0.3) is 0 Å². The number of benzene rings is 1. The van der Waals surface area contributed by atoms with Crippen molar-refractivity contribution in [3.05, 3.63) is 35.9 Å². The first-order valence-corrected chi connectivity index (χ1v) is 21.5. The summed E-state index contributed by atoms with van der Waals surface area (Å²) in [5.41, 5.74) is -0.0744. The van der Waals surface area contributed by atoms with Crippen LogP contribution < -0.4 is 5.32 Å². The third-order valence-electron chi connectivity index (χ3n) is 8.41. The Bertz CT molecular complexity index is 1280. The van der Waals surface area contributed by atoms with Crippen LogP contribution in [0.25, 0.3) is 0 Å². The van der Waals surface area contributed by atoms with E-state index in [2.05, 4.69) is 38.8 Å². The minimum absolute atomic E-state index is 0.0715. The molecule has 1 saturated heterocycles. The summed E-state index contributed by atoms with van der Waals surface area (Å²) in [6, 6.07) is 6.83. The third kappa shape index (κ3) is 14.4. The van der Waals surface area contributed by atoms with Gasteiger partial charge in [0.1, 0.15) is 23.8 Å². The van der Waals surface area contributed by atoms with E-state index in [1.165, 1.54) is 18.9 Å². The van der Waals surface area contributed by atoms with Crippen molar-refractivity contribution >= 4 is 37.9 Å². The van der Waals surface area contributed by atoms with E-state index in [4.69, 9.17) is 18.9 Å². The van der Waals surface area contributed by atoms with Crippen LogP contribution in [-0.4, -0.2) is 105 Å². The van der Waals surface area contributed by atoms with Gasteiger partial charge in [0, 0.05) is 40.6 Å². The predicted octanol–water partition coefficient (Wildman–Crippen LogP) is 5.41. The molecule has 1 N–H and O–H groups in total. The molecule has 1 aromatic carbocycles. The first-order valence-electron chi connectivity index (χ1n) is 17.8. The second-order valence-corrected chi connectivity index (χ2v) is 21.6. The van der Waals surface area contributed by atoms with Gasteiger partial charge >= 0.3 is 18.0 Å². The molecule has 0 bridgehead atoms. The van der Waals surface area contributed by atoms with Crippen molar-refractivity contribution in [1.82, 2.24) is 15.1 Å². The maximum absolute atomic E-state index is 14.0. The zero-order valence-corrected chi connectivity index (χ0v) is 33.1. The smallest absolute Gasteiger partial charge is 0.408 e. The average Bonchev–Trinajstić information content (AvgIpc) is 3.49. The molecule has 2 rings (SSSR count). The van der Waals surface area contributed by atoms with Crippen LogP contribution >= 0.6 is 0 Å². The van der Waals surface area contributed by atoms with E-state index in [1.807, 2.05) is 37.3 Å². The SMILES string of the molecule is CC(C)C[C@H](C)C(=O)N1CCC[C@H]1C(=O)N(C)[C@@H](Cc1ccccc1)C(=O)O[C@H](C)[C@H](NC(=O)OC(C)(C)C)C(=O)OCOCC[Si](C)(C)C. The number of nitrogens with zero attached hydrogens (tertiary/aromatic N) is 2. The molecule has 0 aromatic heterocycles.